The van der Waals surface area contributed by atoms with E-state index in [0.717, 1.165) is 5.56 Å². The molecule has 26 heavy (non-hydrogen) atoms. The molecule has 130 valence electrons. The monoisotopic (exact) mass is 385 g/mol. The molecule has 0 atom stereocenters. The van der Waals surface area contributed by atoms with Crippen molar-refractivity contribution in [2.24, 2.45) is 0 Å². The molecule has 9 heteroatoms. The number of nitrogens with zero attached hydrogens (tertiary/aromatic N) is 3. The molecule has 0 saturated heterocycles. The van der Waals surface area contributed by atoms with Gasteiger partial charge >= 0.3 is 0 Å². The molecule has 0 radical (unpaired) electrons. The van der Waals surface area contributed by atoms with Crippen molar-refractivity contribution in [2.75, 3.05) is 11.1 Å². The highest BCUT2D eigenvalue weighted by molar-refractivity contribution is 7.99. The van der Waals surface area contributed by atoms with E-state index in [2.05, 4.69) is 20.5 Å². The number of carbonyl (C=O) groups excluding carboxylic acids is 1. The van der Waals surface area contributed by atoms with Gasteiger partial charge in [-0.15, -0.1) is 16.4 Å². The Morgan fingerprint density at radius 1 is 1.35 bits per heavy atom. The zero-order valence-corrected chi connectivity index (χ0v) is 14.9. The van der Waals surface area contributed by atoms with E-state index in [1.807, 2.05) is 6.07 Å². The Balaban J connectivity index is 1.53. The highest BCUT2D eigenvalue weighted by Crippen LogP contribution is 2.23. The maximum Gasteiger partial charge on any atom is 0.235 e. The molecule has 6 nitrogen and oxygen atoms in total. The summed E-state index contributed by atoms with van der Waals surface area (Å²) in [5.74, 6) is 0.134. The Morgan fingerprint density at radius 2 is 2.15 bits per heavy atom. The van der Waals surface area contributed by atoms with Crippen LogP contribution < -0.4 is 5.32 Å². The zero-order valence-electron chi connectivity index (χ0n) is 13.3. The average Bonchev–Trinajstić information content (AvgIpc) is 3.28. The van der Waals surface area contributed by atoms with Crippen LogP contribution in [0.4, 0.5) is 9.39 Å². The van der Waals surface area contributed by atoms with Gasteiger partial charge in [0.15, 0.2) is 0 Å². The van der Waals surface area contributed by atoms with Crippen LogP contribution in [0.1, 0.15) is 17.0 Å². The van der Waals surface area contributed by atoms with E-state index in [9.17, 15) is 9.18 Å². The number of rotatable bonds is 6. The molecule has 2 aromatic heterocycles. The summed E-state index contributed by atoms with van der Waals surface area (Å²) in [5.41, 5.74) is 1.28. The normalized spacial score (nSPS) is 10.8. The summed E-state index contributed by atoms with van der Waals surface area (Å²) in [6.07, 6.45) is 3.50. The van der Waals surface area contributed by atoms with Crippen molar-refractivity contribution in [3.05, 3.63) is 58.5 Å². The van der Waals surface area contributed by atoms with Crippen molar-refractivity contribution in [1.29, 1.82) is 5.26 Å². The predicted octanol–water partition coefficient (Wildman–Crippen LogP) is 3.78. The third-order valence-electron chi connectivity index (χ3n) is 3.16. The van der Waals surface area contributed by atoms with Crippen LogP contribution in [-0.4, -0.2) is 26.8 Å². The van der Waals surface area contributed by atoms with Crippen molar-refractivity contribution in [3.63, 3.8) is 0 Å². The molecular weight excluding hydrogens is 373 g/mol. The Labute approximate surface area is 156 Å². The summed E-state index contributed by atoms with van der Waals surface area (Å²) in [6.45, 7) is 0. The third kappa shape index (κ3) is 4.78. The Bertz CT molecular complexity index is 972. The van der Waals surface area contributed by atoms with Gasteiger partial charge in [-0.3, -0.25) is 9.89 Å². The minimum absolute atomic E-state index is 0.127. The van der Waals surface area contributed by atoms with Gasteiger partial charge in [0.1, 0.15) is 22.7 Å². The first-order valence-electron chi connectivity index (χ1n) is 7.40. The van der Waals surface area contributed by atoms with Crippen LogP contribution >= 0.6 is 23.1 Å². The number of carbonyl (C=O) groups is 1. The number of hydrogen-bond acceptors (Lipinski definition) is 6. The summed E-state index contributed by atoms with van der Waals surface area (Å²) in [7, 11) is 0. The molecule has 2 heterocycles. The first-order chi connectivity index (χ1) is 12.6. The van der Waals surface area contributed by atoms with Crippen molar-refractivity contribution in [3.8, 4) is 6.07 Å². The molecule has 1 amide bonds. The number of aromatic nitrogens is 3. The fraction of sp³-hybridized carbons (Fsp3) is 0.0588. The SMILES string of the molecule is N#Cc1ccsc1NC(=O)CSc1n[nH]c(/C=C/c2ccc(F)cc2)n1. The van der Waals surface area contributed by atoms with Gasteiger partial charge in [-0.1, -0.05) is 30.0 Å². The maximum absolute atomic E-state index is 12.9. The van der Waals surface area contributed by atoms with Gasteiger partial charge in [0.2, 0.25) is 11.1 Å². The molecule has 0 bridgehead atoms. The lowest BCUT2D eigenvalue weighted by Gasteiger charge is -2.01. The second-order valence-electron chi connectivity index (χ2n) is 5.00. The molecule has 3 rings (SSSR count). The highest BCUT2D eigenvalue weighted by atomic mass is 32.2. The number of thiophene rings is 1. The molecule has 0 spiro atoms. The number of halogens is 1. The molecule has 0 aliphatic heterocycles. The summed E-state index contributed by atoms with van der Waals surface area (Å²) in [6, 6.07) is 9.75. The lowest BCUT2D eigenvalue weighted by Crippen LogP contribution is -2.13. The molecule has 0 saturated carbocycles. The molecule has 2 N–H and O–H groups in total. The van der Waals surface area contributed by atoms with Crippen molar-refractivity contribution in [1.82, 2.24) is 15.2 Å². The second kappa shape index (κ2) is 8.42. The van der Waals surface area contributed by atoms with Gasteiger partial charge in [0.25, 0.3) is 0 Å². The number of aromatic amines is 1. The van der Waals surface area contributed by atoms with Crippen molar-refractivity contribution < 1.29 is 9.18 Å². The van der Waals surface area contributed by atoms with Crippen LogP contribution in [0.2, 0.25) is 0 Å². The van der Waals surface area contributed by atoms with Crippen LogP contribution in [0, 0.1) is 17.1 Å². The van der Waals surface area contributed by atoms with Gasteiger partial charge in [-0.25, -0.2) is 9.37 Å². The fourth-order valence-electron chi connectivity index (χ4n) is 1.93. The molecule has 0 unspecified atom stereocenters. The third-order valence-corrected chi connectivity index (χ3v) is 4.83. The minimum Gasteiger partial charge on any atom is -0.316 e. The van der Waals surface area contributed by atoms with Crippen LogP contribution in [-0.2, 0) is 4.79 Å². The molecular formula is C17H12FN5OS2. The van der Waals surface area contributed by atoms with Gasteiger partial charge in [-0.2, -0.15) is 5.26 Å². The quantitative estimate of drug-likeness (QED) is 0.630. The second-order valence-corrected chi connectivity index (χ2v) is 6.86. The van der Waals surface area contributed by atoms with Crippen molar-refractivity contribution in [2.45, 2.75) is 5.16 Å². The van der Waals surface area contributed by atoms with E-state index in [0.29, 0.717) is 21.5 Å². The molecule has 3 aromatic rings. The van der Waals surface area contributed by atoms with E-state index in [-0.39, 0.29) is 17.5 Å². The van der Waals surface area contributed by atoms with E-state index in [4.69, 9.17) is 5.26 Å². The topological polar surface area (TPSA) is 94.5 Å². The first-order valence-corrected chi connectivity index (χ1v) is 9.27. The molecule has 1 aromatic carbocycles. The average molecular weight is 385 g/mol. The summed E-state index contributed by atoms with van der Waals surface area (Å²) in [4.78, 5) is 16.2. The number of thioether (sulfide) groups is 1. The van der Waals surface area contributed by atoms with Crippen LogP contribution in [0.5, 0.6) is 0 Å². The van der Waals surface area contributed by atoms with Gasteiger partial charge in [-0.05, 0) is 35.2 Å². The number of nitrogens with one attached hydrogen (secondary N) is 2. The number of benzene rings is 1. The van der Waals surface area contributed by atoms with Crippen LogP contribution in [0.15, 0.2) is 40.9 Å². The number of hydrogen-bond donors (Lipinski definition) is 2. The summed E-state index contributed by atoms with van der Waals surface area (Å²) in [5, 5.41) is 21.1. The number of amides is 1. The number of H-pyrrole nitrogens is 1. The van der Waals surface area contributed by atoms with Crippen molar-refractivity contribution >= 4 is 46.2 Å². The van der Waals surface area contributed by atoms with E-state index in [1.54, 1.807) is 35.7 Å². The number of nitriles is 1. The lowest BCUT2D eigenvalue weighted by molar-refractivity contribution is -0.113. The smallest absolute Gasteiger partial charge is 0.235 e. The lowest BCUT2D eigenvalue weighted by atomic mass is 10.2. The van der Waals surface area contributed by atoms with E-state index >= 15 is 0 Å². The predicted molar refractivity (Wildman–Crippen MR) is 100 cm³/mol. The Kier molecular flexibility index (Phi) is 5.78. The summed E-state index contributed by atoms with van der Waals surface area (Å²) >= 11 is 2.48. The largest absolute Gasteiger partial charge is 0.316 e. The van der Waals surface area contributed by atoms with Gasteiger partial charge < -0.3 is 5.32 Å². The fourth-order valence-corrected chi connectivity index (χ4v) is 3.29. The minimum atomic E-state index is -0.289. The zero-order chi connectivity index (χ0) is 18.4. The van der Waals surface area contributed by atoms with E-state index < -0.39 is 0 Å². The first kappa shape index (κ1) is 17.8. The standard InChI is InChI=1S/C17H12FN5OS2/c18-13-4-1-11(2-5-13)3-6-14-20-17(23-22-14)26-10-15(24)21-16-12(9-19)7-8-25-16/h1-8H,10H2,(H,21,24)(H,20,22,23)/b6-3+. The van der Waals surface area contributed by atoms with Crippen LogP contribution in [0.25, 0.3) is 12.2 Å². The highest BCUT2D eigenvalue weighted by Gasteiger charge is 2.10. The molecule has 0 aliphatic carbocycles. The maximum atomic E-state index is 12.9. The Hall–Kier alpha value is -2.96. The van der Waals surface area contributed by atoms with Gasteiger partial charge in [0, 0.05) is 0 Å². The molecule has 0 fully saturated rings. The molecule has 0 aliphatic rings. The van der Waals surface area contributed by atoms with Gasteiger partial charge in [0.05, 0.1) is 11.3 Å². The van der Waals surface area contributed by atoms with E-state index in [1.165, 1.54) is 35.2 Å². The van der Waals surface area contributed by atoms with Crippen LogP contribution in [0.3, 0.4) is 0 Å². The summed E-state index contributed by atoms with van der Waals surface area (Å²) < 4.78 is 12.9. The number of anilines is 1. The Morgan fingerprint density at radius 3 is 2.92 bits per heavy atom.